The molecule has 7 heteroatoms. The Hall–Kier alpha value is -2.94. The maximum Gasteiger partial charge on any atom is 0.193 e. The number of aliphatic hydroxyl groups excluding tert-OH is 3. The maximum atomic E-state index is 13.8. The Kier molecular flexibility index (Phi) is 7.14. The predicted molar refractivity (Wildman–Crippen MR) is 163 cm³/mol. The van der Waals surface area contributed by atoms with E-state index in [2.05, 4.69) is 13.8 Å². The van der Waals surface area contributed by atoms with E-state index in [0.717, 1.165) is 47.1 Å². The summed E-state index contributed by atoms with van der Waals surface area (Å²) in [5, 5.41) is 31.8. The molecule has 0 spiro atoms. The number of hydrogen-bond donors (Lipinski definition) is 3. The van der Waals surface area contributed by atoms with Crippen molar-refractivity contribution in [2.24, 2.45) is 28.6 Å². The molecule has 7 rings (SSSR count). The molecular formula is C37H42O7. The van der Waals surface area contributed by atoms with Crippen LogP contribution < -0.4 is 0 Å². The van der Waals surface area contributed by atoms with Crippen molar-refractivity contribution < 1.29 is 34.4 Å². The van der Waals surface area contributed by atoms with Crippen LogP contribution in [0.1, 0.15) is 81.1 Å². The Bertz CT molecular complexity index is 1520. The summed E-state index contributed by atoms with van der Waals surface area (Å²) in [6, 6.07) is 16.0. The van der Waals surface area contributed by atoms with Crippen molar-refractivity contribution >= 4 is 11.6 Å². The summed E-state index contributed by atoms with van der Waals surface area (Å²) < 4.78 is 13.3. The Morgan fingerprint density at radius 2 is 1.75 bits per heavy atom. The molecule has 3 saturated carbocycles. The number of ketones is 2. The molecule has 1 aliphatic heterocycles. The first-order valence-corrected chi connectivity index (χ1v) is 16.0. The number of Topliss-reactive ketones (excluding diaryl/α,β-unsaturated/α-hetero) is 1. The number of fused-ring (bicyclic) bond motifs is 7. The van der Waals surface area contributed by atoms with Crippen molar-refractivity contribution in [2.45, 2.75) is 83.1 Å². The van der Waals surface area contributed by atoms with Gasteiger partial charge in [-0.25, -0.2) is 0 Å². The van der Waals surface area contributed by atoms with E-state index in [1.807, 2.05) is 54.6 Å². The molecule has 3 N–H and O–H groups in total. The smallest absolute Gasteiger partial charge is 0.193 e. The first-order valence-electron chi connectivity index (χ1n) is 16.0. The van der Waals surface area contributed by atoms with Crippen molar-refractivity contribution in [3.63, 3.8) is 0 Å². The summed E-state index contributed by atoms with van der Waals surface area (Å²) in [5.41, 5.74) is 2.54. The van der Waals surface area contributed by atoms with Crippen LogP contribution in [0.25, 0.3) is 0 Å². The Balaban J connectivity index is 1.15. The quantitative estimate of drug-likeness (QED) is 0.432. The number of ether oxygens (including phenoxy) is 2. The summed E-state index contributed by atoms with van der Waals surface area (Å²) in [6.45, 7) is 5.28. The lowest BCUT2D eigenvalue weighted by Crippen LogP contribution is -2.63. The minimum atomic E-state index is -1.36. The van der Waals surface area contributed by atoms with Crippen LogP contribution in [0.5, 0.6) is 0 Å². The van der Waals surface area contributed by atoms with Gasteiger partial charge in [0.1, 0.15) is 6.61 Å². The first kappa shape index (κ1) is 29.8. The van der Waals surface area contributed by atoms with E-state index in [1.165, 1.54) is 0 Å². The second-order valence-corrected chi connectivity index (χ2v) is 14.2. The van der Waals surface area contributed by atoms with Crippen LogP contribution in [0.3, 0.4) is 0 Å². The highest BCUT2D eigenvalue weighted by atomic mass is 16.7. The average Bonchev–Trinajstić information content (AvgIpc) is 3.50. The van der Waals surface area contributed by atoms with Crippen LogP contribution >= 0.6 is 0 Å². The fraction of sp³-hybridized carbons (Fsp3) is 0.514. The SMILES string of the molecule is C[C@@H](O)c1ccc(Cc2ccc([C@@H]3O[C@@H]4C[C@H]5[C@@H]6CCC7=CC(=O)C=C[C@]7(C)[C@H]6[C@@H](O)C[C@]5(C)[C@]4(C(=O)CO)O3)cc2)cc1. The largest absolute Gasteiger partial charge is 0.393 e. The molecule has 5 aliphatic rings. The molecule has 4 aliphatic carbocycles. The molecule has 0 amide bonds. The zero-order valence-corrected chi connectivity index (χ0v) is 25.6. The molecule has 10 atom stereocenters. The van der Waals surface area contributed by atoms with E-state index in [-0.39, 0.29) is 29.3 Å². The highest BCUT2D eigenvalue weighted by molar-refractivity contribution is 6.01. The predicted octanol–water partition coefficient (Wildman–Crippen LogP) is 4.93. The maximum absolute atomic E-state index is 13.8. The summed E-state index contributed by atoms with van der Waals surface area (Å²) in [4.78, 5) is 25.9. The van der Waals surface area contributed by atoms with Gasteiger partial charge in [-0.05, 0) is 79.7 Å². The lowest BCUT2D eigenvalue weighted by atomic mass is 9.46. The molecule has 4 fully saturated rings. The normalized spacial score (nSPS) is 39.6. The van der Waals surface area contributed by atoms with Gasteiger partial charge in [0.05, 0.1) is 18.3 Å². The van der Waals surface area contributed by atoms with Gasteiger partial charge < -0.3 is 24.8 Å². The zero-order valence-electron chi connectivity index (χ0n) is 25.6. The zero-order chi connectivity index (χ0) is 31.0. The highest BCUT2D eigenvalue weighted by Gasteiger charge is 2.75. The third-order valence-electron chi connectivity index (χ3n) is 11.9. The topological polar surface area (TPSA) is 113 Å². The third-order valence-corrected chi connectivity index (χ3v) is 11.9. The first-order chi connectivity index (χ1) is 21.0. The number of allylic oxidation sites excluding steroid dienone is 4. The molecule has 1 heterocycles. The third kappa shape index (κ3) is 4.27. The molecule has 7 nitrogen and oxygen atoms in total. The van der Waals surface area contributed by atoms with E-state index in [4.69, 9.17) is 9.47 Å². The van der Waals surface area contributed by atoms with Gasteiger partial charge in [-0.15, -0.1) is 0 Å². The summed E-state index contributed by atoms with van der Waals surface area (Å²) in [6.07, 6.45) is 6.17. The number of aliphatic hydroxyl groups is 3. The van der Waals surface area contributed by atoms with E-state index in [1.54, 1.807) is 19.1 Å². The molecule has 0 bridgehead atoms. The lowest BCUT2D eigenvalue weighted by Gasteiger charge is -2.59. The standard InChI is InChI=1S/C37H42O7/c1-21(39)24-8-4-22(5-9-24)16-23-6-10-25(11-7-23)34-43-32-18-29-28-13-12-26-17-27(40)14-15-35(26,2)33(28)30(41)19-36(29,3)37(32,44-34)31(42)20-38/h4-11,14-15,17,21,28-30,32-34,38-39,41H,12-13,16,18-20H2,1-3H3/t21-,28+,29+,30+,32-,33-,34-,35+,36+,37-/m1/s1. The molecule has 0 unspecified atom stereocenters. The molecule has 2 aromatic rings. The van der Waals surface area contributed by atoms with Crippen molar-refractivity contribution in [3.8, 4) is 0 Å². The van der Waals surface area contributed by atoms with Gasteiger partial charge >= 0.3 is 0 Å². The summed E-state index contributed by atoms with van der Waals surface area (Å²) in [7, 11) is 0. The second kappa shape index (κ2) is 10.6. The molecular weight excluding hydrogens is 556 g/mol. The van der Waals surface area contributed by atoms with E-state index < -0.39 is 47.6 Å². The second-order valence-electron chi connectivity index (χ2n) is 14.2. The number of carbonyl (C=O) groups excluding carboxylic acids is 2. The molecule has 232 valence electrons. The fourth-order valence-corrected chi connectivity index (χ4v) is 9.78. The number of rotatable bonds is 6. The van der Waals surface area contributed by atoms with E-state index in [9.17, 15) is 24.9 Å². The Morgan fingerprint density at radius 1 is 1.07 bits per heavy atom. The van der Waals surface area contributed by atoms with Crippen LogP contribution in [0.15, 0.2) is 72.3 Å². The van der Waals surface area contributed by atoms with Crippen LogP contribution in [-0.4, -0.2) is 51.3 Å². The molecule has 0 radical (unpaired) electrons. The van der Waals surface area contributed by atoms with Crippen molar-refractivity contribution in [3.05, 3.63) is 94.6 Å². The van der Waals surface area contributed by atoms with Gasteiger partial charge in [0.25, 0.3) is 0 Å². The van der Waals surface area contributed by atoms with Gasteiger partial charge in [-0.2, -0.15) is 0 Å². The fourth-order valence-electron chi connectivity index (χ4n) is 9.78. The van der Waals surface area contributed by atoms with Gasteiger partial charge in [0.2, 0.25) is 0 Å². The van der Waals surface area contributed by atoms with Crippen molar-refractivity contribution in [1.29, 1.82) is 0 Å². The van der Waals surface area contributed by atoms with Gasteiger partial charge in [0.15, 0.2) is 23.5 Å². The van der Waals surface area contributed by atoms with Gasteiger partial charge in [-0.3, -0.25) is 9.59 Å². The van der Waals surface area contributed by atoms with E-state index in [0.29, 0.717) is 12.8 Å². The van der Waals surface area contributed by atoms with Crippen LogP contribution in [0.2, 0.25) is 0 Å². The monoisotopic (exact) mass is 598 g/mol. The van der Waals surface area contributed by atoms with Crippen LogP contribution in [0, 0.1) is 28.6 Å². The van der Waals surface area contributed by atoms with Crippen molar-refractivity contribution in [2.75, 3.05) is 6.61 Å². The number of hydrogen-bond acceptors (Lipinski definition) is 7. The summed E-state index contributed by atoms with van der Waals surface area (Å²) >= 11 is 0. The molecule has 0 aromatic heterocycles. The average molecular weight is 599 g/mol. The minimum Gasteiger partial charge on any atom is -0.393 e. The van der Waals surface area contributed by atoms with Gasteiger partial charge in [0, 0.05) is 22.3 Å². The number of carbonyl (C=O) groups is 2. The molecule has 1 saturated heterocycles. The minimum absolute atomic E-state index is 0.00111. The van der Waals surface area contributed by atoms with Gasteiger partial charge in [-0.1, -0.05) is 74.0 Å². The van der Waals surface area contributed by atoms with Crippen molar-refractivity contribution in [1.82, 2.24) is 0 Å². The van der Waals surface area contributed by atoms with Crippen LogP contribution in [0.4, 0.5) is 0 Å². The molecule has 2 aromatic carbocycles. The lowest BCUT2D eigenvalue weighted by molar-refractivity contribution is -0.201. The summed E-state index contributed by atoms with van der Waals surface area (Å²) in [5.74, 6) is -0.275. The Morgan fingerprint density at radius 3 is 2.41 bits per heavy atom. The number of benzene rings is 2. The van der Waals surface area contributed by atoms with E-state index >= 15 is 0 Å². The molecule has 44 heavy (non-hydrogen) atoms. The van der Waals surface area contributed by atoms with Crippen LogP contribution in [-0.2, 0) is 25.5 Å². The highest BCUT2D eigenvalue weighted by Crippen LogP contribution is 2.70. The Labute approximate surface area is 258 Å².